The van der Waals surface area contributed by atoms with Crippen molar-refractivity contribution in [3.05, 3.63) is 59.2 Å². The number of amides is 1. The van der Waals surface area contributed by atoms with E-state index in [4.69, 9.17) is 0 Å². The summed E-state index contributed by atoms with van der Waals surface area (Å²) in [7, 11) is -4.36. The van der Waals surface area contributed by atoms with Crippen LogP contribution in [-0.2, 0) is 27.0 Å². The normalized spacial score (nSPS) is 17.4. The molecule has 6 nitrogen and oxygen atoms in total. The Kier molecular flexibility index (Phi) is 8.14. The predicted octanol–water partition coefficient (Wildman–Crippen LogP) is 6.05. The minimum Gasteiger partial charge on any atom is -0.478 e. The standard InChI is InChI=1S/C23H21F6NO5S.CH4/c1-21(2,36(34,35)16-5-3-4-14(10-16)22(24,25)26)13-8-9-30(19(31)12-13)18-7-6-15(23(27,28)29)11-17(18)20(32)33;/h3-7,10-11,13H,8-9,12H2,1-2H3,(H,32,33);1H4/t13-;/m1./s1. The maximum absolute atomic E-state index is 13.3. The SMILES string of the molecule is C.CC(C)([C@@H]1CCN(c2ccc(C(F)(F)F)cc2C(=O)O)C(=O)C1)S(=O)(=O)c1cccc(C(F)(F)F)c1. The lowest BCUT2D eigenvalue weighted by Gasteiger charge is -2.40. The number of benzene rings is 2. The third-order valence-electron chi connectivity index (χ3n) is 6.42. The van der Waals surface area contributed by atoms with Gasteiger partial charge >= 0.3 is 18.3 Å². The summed E-state index contributed by atoms with van der Waals surface area (Å²) in [4.78, 5) is 24.9. The molecular formula is C24H25F6NO5S. The van der Waals surface area contributed by atoms with Crippen molar-refractivity contribution in [1.82, 2.24) is 0 Å². The molecule has 2 aromatic carbocycles. The van der Waals surface area contributed by atoms with Crippen molar-refractivity contribution < 1.29 is 49.5 Å². The first kappa shape index (κ1) is 30.1. The maximum Gasteiger partial charge on any atom is 0.416 e. The van der Waals surface area contributed by atoms with Gasteiger partial charge in [0.05, 0.1) is 32.0 Å². The van der Waals surface area contributed by atoms with Gasteiger partial charge in [0, 0.05) is 13.0 Å². The molecule has 13 heteroatoms. The number of halogens is 6. The number of hydrogen-bond donors (Lipinski definition) is 1. The minimum atomic E-state index is -4.80. The number of nitrogens with zero attached hydrogens (tertiary/aromatic N) is 1. The van der Waals surface area contributed by atoms with Crippen LogP contribution in [0.4, 0.5) is 32.0 Å². The molecule has 1 N–H and O–H groups in total. The molecule has 0 bridgehead atoms. The van der Waals surface area contributed by atoms with Crippen molar-refractivity contribution in [3.8, 4) is 0 Å². The smallest absolute Gasteiger partial charge is 0.416 e. The molecule has 0 radical (unpaired) electrons. The largest absolute Gasteiger partial charge is 0.478 e. The molecule has 0 aliphatic carbocycles. The number of alkyl halides is 6. The van der Waals surface area contributed by atoms with Crippen LogP contribution in [0.3, 0.4) is 0 Å². The first-order valence-corrected chi connectivity index (χ1v) is 12.0. The van der Waals surface area contributed by atoms with Crippen LogP contribution in [0.2, 0.25) is 0 Å². The monoisotopic (exact) mass is 553 g/mol. The van der Waals surface area contributed by atoms with E-state index in [0.717, 1.165) is 29.2 Å². The van der Waals surface area contributed by atoms with Gasteiger partial charge in [0.2, 0.25) is 5.91 Å². The predicted molar refractivity (Wildman–Crippen MR) is 123 cm³/mol. The minimum absolute atomic E-state index is 0. The molecule has 37 heavy (non-hydrogen) atoms. The van der Waals surface area contributed by atoms with Crippen molar-refractivity contribution in [2.24, 2.45) is 5.92 Å². The van der Waals surface area contributed by atoms with Crippen LogP contribution in [0.15, 0.2) is 47.4 Å². The van der Waals surface area contributed by atoms with E-state index in [1.54, 1.807) is 0 Å². The number of rotatable bonds is 5. The lowest BCUT2D eigenvalue weighted by molar-refractivity contribution is -0.138. The first-order chi connectivity index (χ1) is 16.4. The van der Waals surface area contributed by atoms with Gasteiger partial charge in [-0.05, 0) is 62.6 Å². The molecule has 0 aromatic heterocycles. The van der Waals surface area contributed by atoms with E-state index in [2.05, 4.69) is 0 Å². The van der Waals surface area contributed by atoms with E-state index in [1.165, 1.54) is 13.8 Å². The molecule has 0 spiro atoms. The van der Waals surface area contributed by atoms with E-state index in [0.29, 0.717) is 18.2 Å². The molecule has 1 amide bonds. The average molecular weight is 554 g/mol. The fourth-order valence-corrected chi connectivity index (χ4v) is 5.95. The number of anilines is 1. The maximum atomic E-state index is 13.3. The van der Waals surface area contributed by atoms with E-state index in [1.807, 2.05) is 0 Å². The molecule has 2 aromatic rings. The van der Waals surface area contributed by atoms with Gasteiger partial charge < -0.3 is 10.0 Å². The topological polar surface area (TPSA) is 91.8 Å². The van der Waals surface area contributed by atoms with Crippen LogP contribution >= 0.6 is 0 Å². The molecule has 1 aliphatic heterocycles. The van der Waals surface area contributed by atoms with Crippen molar-refractivity contribution in [2.45, 2.75) is 56.1 Å². The van der Waals surface area contributed by atoms with Crippen LogP contribution in [-0.4, -0.2) is 36.7 Å². The van der Waals surface area contributed by atoms with Gasteiger partial charge in [0.1, 0.15) is 0 Å². The second-order valence-corrected chi connectivity index (χ2v) is 11.4. The highest BCUT2D eigenvalue weighted by Crippen LogP contribution is 2.41. The average Bonchev–Trinajstić information content (AvgIpc) is 2.77. The summed E-state index contributed by atoms with van der Waals surface area (Å²) in [6.45, 7) is 2.38. The van der Waals surface area contributed by atoms with Crippen molar-refractivity contribution in [2.75, 3.05) is 11.4 Å². The van der Waals surface area contributed by atoms with Gasteiger partial charge in [-0.3, -0.25) is 4.79 Å². The highest BCUT2D eigenvalue weighted by molar-refractivity contribution is 7.92. The highest BCUT2D eigenvalue weighted by Gasteiger charge is 2.47. The summed E-state index contributed by atoms with van der Waals surface area (Å²) in [6.07, 6.45) is -9.97. The Labute approximate surface area is 209 Å². The van der Waals surface area contributed by atoms with Gasteiger partial charge in [-0.2, -0.15) is 26.3 Å². The number of piperidine rings is 1. The molecule has 1 aliphatic rings. The number of aromatic carboxylic acids is 1. The van der Waals surface area contributed by atoms with Gasteiger partial charge in [-0.1, -0.05) is 13.5 Å². The Balaban J connectivity index is 0.00000481. The number of sulfone groups is 1. The zero-order chi connectivity index (χ0) is 27.3. The molecule has 3 rings (SSSR count). The van der Waals surface area contributed by atoms with Gasteiger partial charge in [0.25, 0.3) is 0 Å². The summed E-state index contributed by atoms with van der Waals surface area (Å²) in [5.74, 6) is -3.26. The summed E-state index contributed by atoms with van der Waals surface area (Å²) in [5.41, 5.74) is -3.36. The van der Waals surface area contributed by atoms with Gasteiger partial charge in [-0.25, -0.2) is 13.2 Å². The number of carbonyl (C=O) groups excluding carboxylic acids is 1. The summed E-state index contributed by atoms with van der Waals surface area (Å²) in [5, 5.41) is 9.40. The number of carboxylic acid groups (broad SMARTS) is 1. The number of carbonyl (C=O) groups is 2. The molecule has 0 saturated carbocycles. The van der Waals surface area contributed by atoms with Crippen LogP contribution in [0, 0.1) is 5.92 Å². The Morgan fingerprint density at radius 3 is 2.05 bits per heavy atom. The summed E-state index contributed by atoms with van der Waals surface area (Å²) < 4.78 is 103. The fourth-order valence-electron chi connectivity index (χ4n) is 4.16. The fraction of sp³-hybridized carbons (Fsp3) is 0.417. The van der Waals surface area contributed by atoms with E-state index >= 15 is 0 Å². The molecule has 1 atom stereocenters. The van der Waals surface area contributed by atoms with E-state index < -0.39 is 72.7 Å². The zero-order valence-corrected chi connectivity index (χ0v) is 19.8. The lowest BCUT2D eigenvalue weighted by Crippen LogP contribution is -2.49. The van der Waals surface area contributed by atoms with Crippen molar-refractivity contribution in [1.29, 1.82) is 0 Å². The lowest BCUT2D eigenvalue weighted by atomic mass is 9.85. The summed E-state index contributed by atoms with van der Waals surface area (Å²) in [6, 6.07) is 5.19. The Hall–Kier alpha value is -3.09. The van der Waals surface area contributed by atoms with Crippen LogP contribution in [0.25, 0.3) is 0 Å². The van der Waals surface area contributed by atoms with Crippen molar-refractivity contribution in [3.63, 3.8) is 0 Å². The van der Waals surface area contributed by atoms with E-state index in [9.17, 15) is 49.5 Å². The first-order valence-electron chi connectivity index (χ1n) is 10.5. The molecule has 1 fully saturated rings. The number of hydrogen-bond acceptors (Lipinski definition) is 4. The highest BCUT2D eigenvalue weighted by atomic mass is 32.2. The molecule has 204 valence electrons. The van der Waals surface area contributed by atoms with Gasteiger partial charge in [0.15, 0.2) is 9.84 Å². The number of carboxylic acids is 1. The van der Waals surface area contributed by atoms with E-state index in [-0.39, 0.29) is 26.1 Å². The Bertz CT molecular complexity index is 1300. The Morgan fingerprint density at radius 2 is 1.54 bits per heavy atom. The van der Waals surface area contributed by atoms with Crippen LogP contribution in [0.1, 0.15) is 55.6 Å². The molecule has 1 heterocycles. The zero-order valence-electron chi connectivity index (χ0n) is 18.9. The third kappa shape index (κ3) is 5.76. The summed E-state index contributed by atoms with van der Waals surface area (Å²) >= 11 is 0. The van der Waals surface area contributed by atoms with Crippen molar-refractivity contribution >= 4 is 27.4 Å². The quantitative estimate of drug-likeness (QED) is 0.455. The third-order valence-corrected chi connectivity index (χ3v) is 9.01. The molecule has 0 unspecified atom stereocenters. The van der Waals surface area contributed by atoms with Gasteiger partial charge in [-0.15, -0.1) is 0 Å². The second kappa shape index (κ2) is 9.99. The second-order valence-electron chi connectivity index (χ2n) is 8.90. The molecule has 1 saturated heterocycles. The molecular weight excluding hydrogens is 528 g/mol. The van der Waals surface area contributed by atoms with Crippen LogP contribution in [0.5, 0.6) is 0 Å². The Morgan fingerprint density at radius 1 is 0.973 bits per heavy atom. The van der Waals surface area contributed by atoms with Crippen LogP contribution < -0.4 is 4.90 Å².